The molecular formula is C12H23ClN2O2. The van der Waals surface area contributed by atoms with E-state index in [0.29, 0.717) is 5.88 Å². The Bertz CT molecular complexity index is 217. The molecule has 1 N–H and O–H groups in total. The molecule has 0 atom stereocenters. The molecule has 0 aliphatic carbocycles. The van der Waals surface area contributed by atoms with E-state index in [9.17, 15) is 0 Å². The molecule has 0 aromatic heterocycles. The van der Waals surface area contributed by atoms with Crippen molar-refractivity contribution in [1.29, 1.82) is 0 Å². The van der Waals surface area contributed by atoms with Crippen LogP contribution in [0.2, 0.25) is 0 Å². The fourth-order valence-corrected chi connectivity index (χ4v) is 2.79. The SMILES string of the molecule is ClCC1(NCCN2CCOCC2)CCOCC1. The average molecular weight is 263 g/mol. The van der Waals surface area contributed by atoms with E-state index in [-0.39, 0.29) is 5.54 Å². The van der Waals surface area contributed by atoms with Crippen LogP contribution in [0.5, 0.6) is 0 Å². The Balaban J connectivity index is 1.68. The topological polar surface area (TPSA) is 33.7 Å². The molecule has 2 rings (SSSR count). The van der Waals surface area contributed by atoms with Gasteiger partial charge in [-0.25, -0.2) is 0 Å². The number of alkyl halides is 1. The van der Waals surface area contributed by atoms with E-state index >= 15 is 0 Å². The van der Waals surface area contributed by atoms with E-state index in [0.717, 1.165) is 65.4 Å². The van der Waals surface area contributed by atoms with Crippen LogP contribution in [0, 0.1) is 0 Å². The monoisotopic (exact) mass is 262 g/mol. The second kappa shape index (κ2) is 6.90. The van der Waals surface area contributed by atoms with Crippen molar-refractivity contribution >= 4 is 11.6 Å². The summed E-state index contributed by atoms with van der Waals surface area (Å²) < 4.78 is 10.7. The third-order valence-electron chi connectivity index (χ3n) is 3.74. The fourth-order valence-electron chi connectivity index (χ4n) is 2.42. The first-order chi connectivity index (χ1) is 8.35. The second-order valence-corrected chi connectivity index (χ2v) is 5.17. The van der Waals surface area contributed by atoms with Crippen LogP contribution in [0.25, 0.3) is 0 Å². The minimum absolute atomic E-state index is 0.103. The van der Waals surface area contributed by atoms with Gasteiger partial charge < -0.3 is 14.8 Å². The predicted octanol–water partition coefficient (Wildman–Crippen LogP) is 0.696. The molecule has 4 nitrogen and oxygen atoms in total. The minimum atomic E-state index is 0.103. The third kappa shape index (κ3) is 4.07. The quantitative estimate of drug-likeness (QED) is 0.740. The van der Waals surface area contributed by atoms with E-state index in [1.807, 2.05) is 0 Å². The average Bonchev–Trinajstić information content (AvgIpc) is 2.41. The highest BCUT2D eigenvalue weighted by molar-refractivity contribution is 6.18. The summed E-state index contributed by atoms with van der Waals surface area (Å²) in [5, 5.41) is 3.64. The van der Waals surface area contributed by atoms with E-state index in [4.69, 9.17) is 21.1 Å². The van der Waals surface area contributed by atoms with E-state index in [2.05, 4.69) is 10.2 Å². The number of hydrogen-bond donors (Lipinski definition) is 1. The van der Waals surface area contributed by atoms with Gasteiger partial charge in [-0.1, -0.05) is 0 Å². The molecule has 0 spiro atoms. The molecule has 2 fully saturated rings. The van der Waals surface area contributed by atoms with Gasteiger partial charge in [0.15, 0.2) is 0 Å². The van der Waals surface area contributed by atoms with Gasteiger partial charge in [0.25, 0.3) is 0 Å². The molecule has 5 heteroatoms. The summed E-state index contributed by atoms with van der Waals surface area (Å²) in [4.78, 5) is 2.44. The number of nitrogens with one attached hydrogen (secondary N) is 1. The number of morpholine rings is 1. The molecule has 100 valence electrons. The Morgan fingerprint density at radius 2 is 1.71 bits per heavy atom. The molecule has 0 saturated carbocycles. The molecule has 2 aliphatic rings. The van der Waals surface area contributed by atoms with Crippen LogP contribution in [-0.2, 0) is 9.47 Å². The Hall–Kier alpha value is 0.130. The highest BCUT2D eigenvalue weighted by Gasteiger charge is 2.30. The summed E-state index contributed by atoms with van der Waals surface area (Å²) in [5.74, 6) is 0.680. The summed E-state index contributed by atoms with van der Waals surface area (Å²) >= 11 is 6.11. The summed E-state index contributed by atoms with van der Waals surface area (Å²) in [6.07, 6.45) is 2.05. The standard InChI is InChI=1S/C12H23ClN2O2/c13-11-12(1-7-16-8-2-12)14-3-4-15-5-9-17-10-6-15/h14H,1-11H2. The van der Waals surface area contributed by atoms with E-state index in [1.54, 1.807) is 0 Å². The first-order valence-electron chi connectivity index (χ1n) is 6.53. The minimum Gasteiger partial charge on any atom is -0.381 e. The van der Waals surface area contributed by atoms with Crippen LogP contribution in [0.4, 0.5) is 0 Å². The van der Waals surface area contributed by atoms with Gasteiger partial charge in [-0.05, 0) is 12.8 Å². The largest absolute Gasteiger partial charge is 0.381 e. The maximum Gasteiger partial charge on any atom is 0.0594 e. The number of hydrogen-bond acceptors (Lipinski definition) is 4. The van der Waals surface area contributed by atoms with Crippen LogP contribution in [0.15, 0.2) is 0 Å². The van der Waals surface area contributed by atoms with Crippen LogP contribution >= 0.6 is 11.6 Å². The lowest BCUT2D eigenvalue weighted by atomic mass is 9.92. The Kier molecular flexibility index (Phi) is 5.50. The maximum atomic E-state index is 6.11. The zero-order valence-electron chi connectivity index (χ0n) is 10.4. The second-order valence-electron chi connectivity index (χ2n) is 4.91. The van der Waals surface area contributed by atoms with Gasteiger partial charge in [0.05, 0.1) is 13.2 Å². The van der Waals surface area contributed by atoms with Crippen molar-refractivity contribution < 1.29 is 9.47 Å². The van der Waals surface area contributed by atoms with Gasteiger partial charge >= 0.3 is 0 Å². The van der Waals surface area contributed by atoms with Crippen LogP contribution in [-0.4, -0.2) is 68.9 Å². The Morgan fingerprint density at radius 3 is 2.35 bits per heavy atom. The summed E-state index contributed by atoms with van der Waals surface area (Å²) in [6, 6.07) is 0. The fraction of sp³-hybridized carbons (Fsp3) is 1.00. The lowest BCUT2D eigenvalue weighted by Gasteiger charge is -2.37. The normalized spacial score (nSPS) is 25.9. The molecule has 2 aliphatic heterocycles. The highest BCUT2D eigenvalue weighted by atomic mass is 35.5. The predicted molar refractivity (Wildman–Crippen MR) is 68.8 cm³/mol. The number of ether oxygens (including phenoxy) is 2. The molecule has 17 heavy (non-hydrogen) atoms. The molecule has 0 aromatic carbocycles. The van der Waals surface area contributed by atoms with Crippen LogP contribution in [0.1, 0.15) is 12.8 Å². The van der Waals surface area contributed by atoms with Gasteiger partial charge in [-0.2, -0.15) is 0 Å². The van der Waals surface area contributed by atoms with Crippen LogP contribution in [0.3, 0.4) is 0 Å². The molecule has 0 radical (unpaired) electrons. The van der Waals surface area contributed by atoms with Crippen molar-refractivity contribution in [1.82, 2.24) is 10.2 Å². The van der Waals surface area contributed by atoms with Crippen LogP contribution < -0.4 is 5.32 Å². The third-order valence-corrected chi connectivity index (χ3v) is 4.25. The van der Waals surface area contributed by atoms with Crippen molar-refractivity contribution in [2.45, 2.75) is 18.4 Å². The Morgan fingerprint density at radius 1 is 1.06 bits per heavy atom. The first-order valence-corrected chi connectivity index (χ1v) is 7.07. The highest BCUT2D eigenvalue weighted by Crippen LogP contribution is 2.21. The number of halogens is 1. The summed E-state index contributed by atoms with van der Waals surface area (Å²) in [5.41, 5.74) is 0.103. The first kappa shape index (κ1) is 13.6. The van der Waals surface area contributed by atoms with Gasteiger partial charge in [-0.3, -0.25) is 4.90 Å². The number of nitrogens with zero attached hydrogens (tertiary/aromatic N) is 1. The molecule has 2 heterocycles. The van der Waals surface area contributed by atoms with Gasteiger partial charge in [0.2, 0.25) is 0 Å². The number of rotatable bonds is 5. The molecule has 0 bridgehead atoms. The van der Waals surface area contributed by atoms with E-state index < -0.39 is 0 Å². The van der Waals surface area contributed by atoms with Crippen molar-refractivity contribution in [3.63, 3.8) is 0 Å². The summed E-state index contributed by atoms with van der Waals surface area (Å²) in [6.45, 7) is 7.60. The van der Waals surface area contributed by atoms with Gasteiger partial charge in [0.1, 0.15) is 0 Å². The lowest BCUT2D eigenvalue weighted by molar-refractivity contribution is 0.0303. The molecule has 0 amide bonds. The van der Waals surface area contributed by atoms with Crippen molar-refractivity contribution in [3.8, 4) is 0 Å². The zero-order valence-corrected chi connectivity index (χ0v) is 11.2. The van der Waals surface area contributed by atoms with Crippen molar-refractivity contribution in [2.75, 3.05) is 58.5 Å². The molecule has 0 aromatic rings. The van der Waals surface area contributed by atoms with E-state index in [1.165, 1.54) is 0 Å². The smallest absolute Gasteiger partial charge is 0.0594 e. The molecule has 2 saturated heterocycles. The Labute approximate surface area is 109 Å². The molecule has 0 unspecified atom stereocenters. The van der Waals surface area contributed by atoms with Crippen molar-refractivity contribution in [2.24, 2.45) is 0 Å². The lowest BCUT2D eigenvalue weighted by Crippen LogP contribution is -2.53. The van der Waals surface area contributed by atoms with Crippen molar-refractivity contribution in [3.05, 3.63) is 0 Å². The molecular weight excluding hydrogens is 240 g/mol. The zero-order chi connectivity index (χ0) is 12.0. The van der Waals surface area contributed by atoms with Gasteiger partial charge in [-0.15, -0.1) is 11.6 Å². The summed E-state index contributed by atoms with van der Waals surface area (Å²) in [7, 11) is 0. The maximum absolute atomic E-state index is 6.11. The van der Waals surface area contributed by atoms with Gasteiger partial charge in [0, 0.05) is 50.8 Å².